The van der Waals surface area contributed by atoms with Crippen molar-refractivity contribution in [1.82, 2.24) is 0 Å². The first kappa shape index (κ1) is 14.0. The topological polar surface area (TPSA) is 26.3 Å². The zero-order valence-corrected chi connectivity index (χ0v) is 12.3. The predicted octanol–water partition coefficient (Wildman–Crippen LogP) is 4.70. The second-order valence-corrected chi connectivity index (χ2v) is 5.08. The molecule has 2 nitrogen and oxygen atoms in total. The molecule has 2 aromatic rings. The van der Waals surface area contributed by atoms with E-state index in [0.717, 1.165) is 10.5 Å². The molecule has 98 valence electrons. The second kappa shape index (κ2) is 5.72. The highest BCUT2D eigenvalue weighted by atomic mass is 79.9. The van der Waals surface area contributed by atoms with Gasteiger partial charge in [-0.05, 0) is 35.9 Å². The predicted molar refractivity (Wildman–Crippen MR) is 75.9 cm³/mol. The molecule has 0 aliphatic heterocycles. The number of hydrogen-bond acceptors (Lipinski definition) is 2. The molecule has 19 heavy (non-hydrogen) atoms. The van der Waals surface area contributed by atoms with E-state index < -0.39 is 11.8 Å². The molecule has 0 bridgehead atoms. The average Bonchev–Trinajstić information content (AvgIpc) is 2.37. The van der Waals surface area contributed by atoms with Gasteiger partial charge in [0, 0.05) is 15.1 Å². The summed E-state index contributed by atoms with van der Waals surface area (Å²) in [6, 6.07) is 9.25. The van der Waals surface area contributed by atoms with Gasteiger partial charge in [0.05, 0.1) is 12.7 Å². The van der Waals surface area contributed by atoms with Crippen LogP contribution >= 0.6 is 27.5 Å². The number of methoxy groups -OCH3 is 1. The lowest BCUT2D eigenvalue weighted by atomic mass is 10.0. The van der Waals surface area contributed by atoms with Crippen LogP contribution in [0.4, 0.5) is 4.39 Å². The first-order chi connectivity index (χ1) is 9.02. The Labute approximate surface area is 123 Å². The van der Waals surface area contributed by atoms with Crippen molar-refractivity contribution in [2.24, 2.45) is 0 Å². The van der Waals surface area contributed by atoms with Crippen molar-refractivity contribution in [1.29, 1.82) is 0 Å². The van der Waals surface area contributed by atoms with Gasteiger partial charge in [0.25, 0.3) is 0 Å². The fraction of sp³-hybridized carbons (Fsp3) is 0.0714. The van der Waals surface area contributed by atoms with Crippen LogP contribution in [0.15, 0.2) is 40.9 Å². The largest absolute Gasteiger partial charge is 0.465 e. The van der Waals surface area contributed by atoms with Crippen LogP contribution < -0.4 is 0 Å². The molecule has 0 N–H and O–H groups in total. The first-order valence-electron chi connectivity index (χ1n) is 5.36. The molecular weight excluding hydrogens is 335 g/mol. The molecule has 0 aliphatic carbocycles. The highest BCUT2D eigenvalue weighted by Crippen LogP contribution is 2.35. The second-order valence-electron chi connectivity index (χ2n) is 3.82. The fourth-order valence-corrected chi connectivity index (χ4v) is 2.74. The molecule has 0 unspecified atom stereocenters. The lowest BCUT2D eigenvalue weighted by molar-refractivity contribution is 0.0600. The van der Waals surface area contributed by atoms with Crippen LogP contribution in [0.1, 0.15) is 10.4 Å². The number of rotatable bonds is 2. The molecule has 0 heterocycles. The average molecular weight is 344 g/mol. The Morgan fingerprint density at radius 3 is 2.68 bits per heavy atom. The van der Waals surface area contributed by atoms with Gasteiger partial charge in [-0.25, -0.2) is 9.18 Å². The normalized spacial score (nSPS) is 10.3. The fourth-order valence-electron chi connectivity index (χ4n) is 1.74. The van der Waals surface area contributed by atoms with Crippen molar-refractivity contribution >= 4 is 33.5 Å². The standard InChI is InChI=1S/C14H9BrClFO2/c1-19-14(18)9-5-8(6-10(17)7-9)13-11(15)3-2-4-12(13)16/h2-7H,1H3. The zero-order valence-electron chi connectivity index (χ0n) is 9.91. The third kappa shape index (κ3) is 2.96. The third-order valence-corrected chi connectivity index (χ3v) is 3.55. The molecule has 5 heteroatoms. The summed E-state index contributed by atoms with van der Waals surface area (Å²) in [6.45, 7) is 0. The minimum absolute atomic E-state index is 0.143. The third-order valence-electron chi connectivity index (χ3n) is 2.57. The van der Waals surface area contributed by atoms with E-state index in [1.54, 1.807) is 24.3 Å². The smallest absolute Gasteiger partial charge is 0.337 e. The molecule has 0 aromatic heterocycles. The number of carbonyl (C=O) groups is 1. The Bertz CT molecular complexity index is 623. The van der Waals surface area contributed by atoms with Gasteiger partial charge in [0.1, 0.15) is 5.82 Å². The lowest BCUT2D eigenvalue weighted by Crippen LogP contribution is -2.02. The van der Waals surface area contributed by atoms with Gasteiger partial charge in [-0.1, -0.05) is 33.6 Å². The number of hydrogen-bond donors (Lipinski definition) is 0. The quantitative estimate of drug-likeness (QED) is 0.739. The molecule has 0 spiro atoms. The van der Waals surface area contributed by atoms with E-state index in [1.807, 2.05) is 0 Å². The van der Waals surface area contributed by atoms with Gasteiger partial charge in [-0.2, -0.15) is 0 Å². The number of esters is 1. The lowest BCUT2D eigenvalue weighted by Gasteiger charge is -2.09. The van der Waals surface area contributed by atoms with Crippen molar-refractivity contribution in [2.45, 2.75) is 0 Å². The molecule has 0 saturated heterocycles. The maximum absolute atomic E-state index is 13.6. The first-order valence-corrected chi connectivity index (χ1v) is 6.53. The molecule has 0 saturated carbocycles. The summed E-state index contributed by atoms with van der Waals surface area (Å²) >= 11 is 9.48. The van der Waals surface area contributed by atoms with E-state index in [-0.39, 0.29) is 5.56 Å². The molecule has 2 aromatic carbocycles. The van der Waals surface area contributed by atoms with E-state index in [0.29, 0.717) is 16.1 Å². The van der Waals surface area contributed by atoms with Gasteiger partial charge in [-0.3, -0.25) is 0 Å². The van der Waals surface area contributed by atoms with E-state index in [9.17, 15) is 9.18 Å². The summed E-state index contributed by atoms with van der Waals surface area (Å²) in [5, 5.41) is 0.468. The van der Waals surface area contributed by atoms with Gasteiger partial charge >= 0.3 is 5.97 Å². The number of carbonyl (C=O) groups excluding carboxylic acids is 1. The van der Waals surface area contributed by atoms with Crippen molar-refractivity contribution in [2.75, 3.05) is 7.11 Å². The van der Waals surface area contributed by atoms with Crippen LogP contribution in [-0.2, 0) is 4.74 Å². The van der Waals surface area contributed by atoms with Crippen molar-refractivity contribution in [3.8, 4) is 11.1 Å². The summed E-state index contributed by atoms with van der Waals surface area (Å²) in [7, 11) is 1.25. The monoisotopic (exact) mass is 342 g/mol. The van der Waals surface area contributed by atoms with Crippen molar-refractivity contribution in [3.05, 3.63) is 57.3 Å². The van der Waals surface area contributed by atoms with Crippen LogP contribution in [0.5, 0.6) is 0 Å². The van der Waals surface area contributed by atoms with Gasteiger partial charge in [0.15, 0.2) is 0 Å². The molecular formula is C14H9BrClFO2. The number of ether oxygens (including phenoxy) is 1. The van der Waals surface area contributed by atoms with Crippen molar-refractivity contribution in [3.63, 3.8) is 0 Å². The van der Waals surface area contributed by atoms with Gasteiger partial charge in [0.2, 0.25) is 0 Å². The Balaban J connectivity index is 2.63. The van der Waals surface area contributed by atoms with E-state index in [4.69, 9.17) is 11.6 Å². The minimum Gasteiger partial charge on any atom is -0.465 e. The Kier molecular flexibility index (Phi) is 4.22. The van der Waals surface area contributed by atoms with E-state index >= 15 is 0 Å². The molecule has 0 aliphatic rings. The van der Waals surface area contributed by atoms with Crippen LogP contribution in [-0.4, -0.2) is 13.1 Å². The van der Waals surface area contributed by atoms with E-state index in [2.05, 4.69) is 20.7 Å². The SMILES string of the molecule is COC(=O)c1cc(F)cc(-c2c(Cl)cccc2Br)c1. The summed E-state index contributed by atoms with van der Waals surface area (Å²) < 4.78 is 18.9. The Morgan fingerprint density at radius 1 is 1.32 bits per heavy atom. The number of halogens is 3. The highest BCUT2D eigenvalue weighted by Gasteiger charge is 2.13. The van der Waals surface area contributed by atoms with Gasteiger partial charge in [-0.15, -0.1) is 0 Å². The summed E-state index contributed by atoms with van der Waals surface area (Å²) in [6.07, 6.45) is 0. The van der Waals surface area contributed by atoms with Crippen LogP contribution in [0, 0.1) is 5.82 Å². The summed E-state index contributed by atoms with van der Waals surface area (Å²) in [4.78, 5) is 11.5. The maximum Gasteiger partial charge on any atom is 0.337 e. The molecule has 0 radical (unpaired) electrons. The van der Waals surface area contributed by atoms with Crippen LogP contribution in [0.2, 0.25) is 5.02 Å². The van der Waals surface area contributed by atoms with Crippen LogP contribution in [0.3, 0.4) is 0 Å². The maximum atomic E-state index is 13.6. The Hall–Kier alpha value is -1.39. The molecule has 0 atom stereocenters. The summed E-state index contributed by atoms with van der Waals surface area (Å²) in [5.74, 6) is -1.12. The van der Waals surface area contributed by atoms with E-state index in [1.165, 1.54) is 13.2 Å². The van der Waals surface area contributed by atoms with Crippen LogP contribution in [0.25, 0.3) is 11.1 Å². The summed E-state index contributed by atoms with van der Waals surface area (Å²) in [5.41, 5.74) is 1.29. The van der Waals surface area contributed by atoms with Gasteiger partial charge < -0.3 is 4.74 Å². The number of benzene rings is 2. The molecule has 0 fully saturated rings. The zero-order chi connectivity index (χ0) is 14.0. The Morgan fingerprint density at radius 2 is 2.05 bits per heavy atom. The molecule has 0 amide bonds. The van der Waals surface area contributed by atoms with Crippen molar-refractivity contribution < 1.29 is 13.9 Å². The highest BCUT2D eigenvalue weighted by molar-refractivity contribution is 9.10. The molecule has 2 rings (SSSR count). The minimum atomic E-state index is -0.594.